The zero-order valence-corrected chi connectivity index (χ0v) is 9.52. The number of carbonyl (C=O) groups is 1. The van der Waals surface area contributed by atoms with Crippen LogP contribution in [0.15, 0.2) is 17.0 Å². The Balaban J connectivity index is 2.45. The molecule has 0 bridgehead atoms. The Morgan fingerprint density at radius 2 is 2.47 bits per heavy atom. The van der Waals surface area contributed by atoms with Crippen LogP contribution in [0, 0.1) is 0 Å². The Morgan fingerprint density at radius 3 is 3.07 bits per heavy atom. The van der Waals surface area contributed by atoms with Gasteiger partial charge in [0.2, 0.25) is 5.78 Å². The zero-order valence-electron chi connectivity index (χ0n) is 7.94. The number of aromatic amines is 1. The second-order valence-electron chi connectivity index (χ2n) is 2.82. The van der Waals surface area contributed by atoms with Crippen molar-refractivity contribution in [2.75, 3.05) is 0 Å². The SMILES string of the molecule is CCn1ncc(Br)c1C(=O)c1ncn[nH]1. The number of halogens is 1. The summed E-state index contributed by atoms with van der Waals surface area (Å²) >= 11 is 3.28. The van der Waals surface area contributed by atoms with Crippen molar-refractivity contribution in [2.45, 2.75) is 13.5 Å². The molecule has 0 atom stereocenters. The number of hydrogen-bond donors (Lipinski definition) is 1. The lowest BCUT2D eigenvalue weighted by Crippen LogP contribution is -2.12. The number of ketones is 1. The average molecular weight is 270 g/mol. The fraction of sp³-hybridized carbons (Fsp3) is 0.250. The van der Waals surface area contributed by atoms with Crippen LogP contribution >= 0.6 is 15.9 Å². The van der Waals surface area contributed by atoms with Gasteiger partial charge in [-0.25, -0.2) is 4.98 Å². The van der Waals surface area contributed by atoms with Crippen molar-refractivity contribution in [3.05, 3.63) is 28.5 Å². The van der Waals surface area contributed by atoms with E-state index in [2.05, 4.69) is 36.2 Å². The fourth-order valence-corrected chi connectivity index (χ4v) is 1.73. The van der Waals surface area contributed by atoms with Crippen molar-refractivity contribution in [2.24, 2.45) is 0 Å². The molecule has 6 nitrogen and oxygen atoms in total. The summed E-state index contributed by atoms with van der Waals surface area (Å²) in [5.74, 6) is -0.00961. The van der Waals surface area contributed by atoms with Crippen LogP contribution in [-0.2, 0) is 6.54 Å². The van der Waals surface area contributed by atoms with Gasteiger partial charge in [-0.05, 0) is 22.9 Å². The lowest BCUT2D eigenvalue weighted by atomic mass is 10.2. The van der Waals surface area contributed by atoms with Gasteiger partial charge < -0.3 is 0 Å². The van der Waals surface area contributed by atoms with Gasteiger partial charge in [-0.1, -0.05) is 0 Å². The van der Waals surface area contributed by atoms with E-state index in [1.165, 1.54) is 6.33 Å². The van der Waals surface area contributed by atoms with Gasteiger partial charge in [0.1, 0.15) is 12.0 Å². The van der Waals surface area contributed by atoms with Crippen molar-refractivity contribution in [1.82, 2.24) is 25.0 Å². The van der Waals surface area contributed by atoms with Crippen LogP contribution in [-0.4, -0.2) is 30.7 Å². The van der Waals surface area contributed by atoms with E-state index in [1.54, 1.807) is 10.9 Å². The molecule has 0 saturated heterocycles. The zero-order chi connectivity index (χ0) is 10.8. The van der Waals surface area contributed by atoms with E-state index in [0.29, 0.717) is 16.7 Å². The Bertz CT molecular complexity index is 475. The van der Waals surface area contributed by atoms with Gasteiger partial charge in [0.25, 0.3) is 0 Å². The van der Waals surface area contributed by atoms with Crippen LogP contribution in [0.4, 0.5) is 0 Å². The van der Waals surface area contributed by atoms with Gasteiger partial charge in [-0.15, -0.1) is 0 Å². The summed E-state index contributed by atoms with van der Waals surface area (Å²) in [6.07, 6.45) is 2.89. The van der Waals surface area contributed by atoms with Crippen molar-refractivity contribution < 1.29 is 4.79 Å². The highest BCUT2D eigenvalue weighted by atomic mass is 79.9. The number of hydrogen-bond acceptors (Lipinski definition) is 4. The van der Waals surface area contributed by atoms with E-state index in [1.807, 2.05) is 6.92 Å². The maximum atomic E-state index is 11.9. The monoisotopic (exact) mass is 269 g/mol. The summed E-state index contributed by atoms with van der Waals surface area (Å²) in [6.45, 7) is 2.54. The van der Waals surface area contributed by atoms with Crippen molar-refractivity contribution >= 4 is 21.7 Å². The first-order chi connectivity index (χ1) is 7.24. The molecule has 0 aliphatic carbocycles. The predicted molar refractivity (Wildman–Crippen MR) is 55.4 cm³/mol. The molecule has 0 amide bonds. The Morgan fingerprint density at radius 1 is 1.67 bits per heavy atom. The van der Waals surface area contributed by atoms with Gasteiger partial charge in [0.15, 0.2) is 5.82 Å². The lowest BCUT2D eigenvalue weighted by Gasteiger charge is -2.01. The highest BCUT2D eigenvalue weighted by Crippen LogP contribution is 2.18. The predicted octanol–water partition coefficient (Wildman–Crippen LogP) is 1.01. The number of nitrogens with one attached hydrogen (secondary N) is 1. The molecule has 15 heavy (non-hydrogen) atoms. The van der Waals surface area contributed by atoms with Crippen LogP contribution in [0.25, 0.3) is 0 Å². The number of rotatable bonds is 3. The molecule has 0 aliphatic rings. The van der Waals surface area contributed by atoms with Crippen molar-refractivity contribution in [3.63, 3.8) is 0 Å². The Labute approximate surface area is 93.8 Å². The third kappa shape index (κ3) is 1.70. The van der Waals surface area contributed by atoms with Crippen LogP contribution in [0.1, 0.15) is 23.2 Å². The minimum atomic E-state index is -0.223. The highest BCUT2D eigenvalue weighted by Gasteiger charge is 2.20. The van der Waals surface area contributed by atoms with Crippen LogP contribution < -0.4 is 0 Å². The maximum absolute atomic E-state index is 11.9. The number of nitrogens with zero attached hydrogens (tertiary/aromatic N) is 4. The molecule has 1 N–H and O–H groups in total. The molecule has 7 heteroatoms. The smallest absolute Gasteiger partial charge is 0.248 e. The standard InChI is InChI=1S/C8H8BrN5O/c1-2-14-6(5(9)3-12-14)7(15)8-10-4-11-13-8/h3-4H,2H2,1H3,(H,10,11,13). The first-order valence-electron chi connectivity index (χ1n) is 4.35. The summed E-state index contributed by atoms with van der Waals surface area (Å²) in [6, 6.07) is 0. The van der Waals surface area contributed by atoms with E-state index in [9.17, 15) is 4.79 Å². The summed E-state index contributed by atoms with van der Waals surface area (Å²) in [4.78, 5) is 15.8. The second-order valence-corrected chi connectivity index (χ2v) is 3.67. The molecule has 2 aromatic rings. The summed E-state index contributed by atoms with van der Waals surface area (Å²) < 4.78 is 2.26. The molecule has 0 radical (unpaired) electrons. The Kier molecular flexibility index (Phi) is 2.63. The van der Waals surface area contributed by atoms with Crippen molar-refractivity contribution in [3.8, 4) is 0 Å². The molecule has 2 rings (SSSR count). The van der Waals surface area contributed by atoms with E-state index in [-0.39, 0.29) is 11.6 Å². The van der Waals surface area contributed by atoms with E-state index in [4.69, 9.17) is 0 Å². The molecule has 2 heterocycles. The Hall–Kier alpha value is -1.50. The maximum Gasteiger partial charge on any atom is 0.248 e. The van der Waals surface area contributed by atoms with Gasteiger partial charge >= 0.3 is 0 Å². The molecule has 0 aliphatic heterocycles. The normalized spacial score (nSPS) is 10.5. The molecule has 2 aromatic heterocycles. The van der Waals surface area contributed by atoms with Crippen LogP contribution in [0.5, 0.6) is 0 Å². The van der Waals surface area contributed by atoms with Crippen molar-refractivity contribution in [1.29, 1.82) is 0 Å². The minimum absolute atomic E-state index is 0.214. The first kappa shape index (κ1) is 10.0. The quantitative estimate of drug-likeness (QED) is 0.844. The third-order valence-electron chi connectivity index (χ3n) is 1.94. The summed E-state index contributed by atoms with van der Waals surface area (Å²) in [7, 11) is 0. The number of aryl methyl sites for hydroxylation is 1. The van der Waals surface area contributed by atoms with E-state index < -0.39 is 0 Å². The molecule has 0 aromatic carbocycles. The third-order valence-corrected chi connectivity index (χ3v) is 2.52. The highest BCUT2D eigenvalue weighted by molar-refractivity contribution is 9.10. The second kappa shape index (κ2) is 3.93. The van der Waals surface area contributed by atoms with E-state index >= 15 is 0 Å². The number of carbonyl (C=O) groups excluding carboxylic acids is 1. The first-order valence-corrected chi connectivity index (χ1v) is 5.14. The summed E-state index contributed by atoms with van der Waals surface area (Å²) in [5, 5.41) is 10.2. The molecule has 0 spiro atoms. The molecule has 0 unspecified atom stereocenters. The van der Waals surface area contributed by atoms with Gasteiger partial charge in [0, 0.05) is 6.54 Å². The number of H-pyrrole nitrogens is 1. The van der Waals surface area contributed by atoms with Gasteiger partial charge in [-0.2, -0.15) is 10.2 Å². The lowest BCUT2D eigenvalue weighted by molar-refractivity contribution is 0.101. The molecular formula is C8H8BrN5O. The van der Waals surface area contributed by atoms with Crippen LogP contribution in [0.3, 0.4) is 0 Å². The molecule has 78 valence electrons. The molecule has 0 fully saturated rings. The average Bonchev–Trinajstić information content (AvgIpc) is 2.85. The summed E-state index contributed by atoms with van der Waals surface area (Å²) in [5.41, 5.74) is 0.481. The molecular weight excluding hydrogens is 262 g/mol. The van der Waals surface area contributed by atoms with Gasteiger partial charge in [-0.3, -0.25) is 14.6 Å². The van der Waals surface area contributed by atoms with Gasteiger partial charge in [0.05, 0.1) is 10.7 Å². The fourth-order valence-electron chi connectivity index (χ4n) is 1.26. The largest absolute Gasteiger partial charge is 0.283 e. The minimum Gasteiger partial charge on any atom is -0.283 e. The van der Waals surface area contributed by atoms with Crippen LogP contribution in [0.2, 0.25) is 0 Å². The molecule has 0 saturated carbocycles. The number of aromatic nitrogens is 5. The van der Waals surface area contributed by atoms with E-state index in [0.717, 1.165) is 0 Å². The topological polar surface area (TPSA) is 76.5 Å².